The highest BCUT2D eigenvalue weighted by atomic mass is 16.3. The van der Waals surface area contributed by atoms with Gasteiger partial charge in [-0.25, -0.2) is 0 Å². The summed E-state index contributed by atoms with van der Waals surface area (Å²) in [7, 11) is 3.89. The third-order valence-corrected chi connectivity index (χ3v) is 4.33. The molecule has 0 fully saturated rings. The third-order valence-electron chi connectivity index (χ3n) is 4.33. The van der Waals surface area contributed by atoms with E-state index in [4.69, 9.17) is 8.83 Å². The van der Waals surface area contributed by atoms with Crippen LogP contribution in [0.3, 0.4) is 0 Å². The zero-order chi connectivity index (χ0) is 19.4. The van der Waals surface area contributed by atoms with Crippen molar-refractivity contribution in [3.63, 3.8) is 0 Å². The van der Waals surface area contributed by atoms with Gasteiger partial charge in [0, 0.05) is 6.54 Å². The van der Waals surface area contributed by atoms with Crippen molar-refractivity contribution in [2.75, 3.05) is 27.2 Å². The van der Waals surface area contributed by atoms with E-state index in [1.807, 2.05) is 19.0 Å². The molecule has 0 saturated heterocycles. The van der Waals surface area contributed by atoms with Gasteiger partial charge in [-0.1, -0.05) is 0 Å². The van der Waals surface area contributed by atoms with Gasteiger partial charge in [0.1, 0.15) is 17.6 Å². The first-order valence-electron chi connectivity index (χ1n) is 8.67. The van der Waals surface area contributed by atoms with Crippen LogP contribution in [-0.2, 0) is 9.59 Å². The maximum absolute atomic E-state index is 12.8. The molecule has 0 aromatic carbocycles. The molecule has 3 heterocycles. The Bertz CT molecular complexity index is 847. The van der Waals surface area contributed by atoms with E-state index in [0.717, 1.165) is 6.54 Å². The standard InChI is InChI=1S/C20H22N2O5/c1-21(2)10-5-11-22-18(16-7-4-13-27-16)17(19(24)20(22)25)15(23)9-8-14-6-3-12-26-14/h3-4,6-9,12-13,18,24H,5,10-11H2,1-2H3. The SMILES string of the molecule is CN(C)CCCN1C(=O)C(O)=C(C(=O)C=Cc2ccco2)C1c1ccco1. The first-order chi connectivity index (χ1) is 13.0. The highest BCUT2D eigenvalue weighted by Gasteiger charge is 2.44. The number of ketones is 1. The number of aliphatic hydroxyl groups is 1. The van der Waals surface area contributed by atoms with Gasteiger partial charge in [-0.2, -0.15) is 0 Å². The van der Waals surface area contributed by atoms with Crippen molar-refractivity contribution >= 4 is 17.8 Å². The van der Waals surface area contributed by atoms with Crippen LogP contribution in [0.2, 0.25) is 0 Å². The second kappa shape index (κ2) is 8.09. The summed E-state index contributed by atoms with van der Waals surface area (Å²) in [5.74, 6) is -0.619. The lowest BCUT2D eigenvalue weighted by Crippen LogP contribution is -2.33. The smallest absolute Gasteiger partial charge is 0.290 e. The molecule has 1 unspecified atom stereocenters. The van der Waals surface area contributed by atoms with Crippen LogP contribution in [0.25, 0.3) is 6.08 Å². The Morgan fingerprint density at radius 2 is 2.00 bits per heavy atom. The molecule has 0 spiro atoms. The molecule has 0 saturated carbocycles. The summed E-state index contributed by atoms with van der Waals surface area (Å²) in [5, 5.41) is 10.4. The number of carbonyl (C=O) groups excluding carboxylic acids is 2. The second-order valence-corrected chi connectivity index (χ2v) is 6.55. The summed E-state index contributed by atoms with van der Waals surface area (Å²) < 4.78 is 10.6. The molecule has 3 rings (SSSR count). The minimum atomic E-state index is -0.747. The molecule has 1 aliphatic rings. The van der Waals surface area contributed by atoms with E-state index in [9.17, 15) is 14.7 Å². The van der Waals surface area contributed by atoms with Crippen LogP contribution in [0.1, 0.15) is 24.0 Å². The van der Waals surface area contributed by atoms with Gasteiger partial charge < -0.3 is 23.7 Å². The lowest BCUT2D eigenvalue weighted by molar-refractivity contribution is -0.129. The summed E-state index contributed by atoms with van der Waals surface area (Å²) in [6.07, 6.45) is 6.47. The molecule has 7 heteroatoms. The Morgan fingerprint density at radius 3 is 2.63 bits per heavy atom. The van der Waals surface area contributed by atoms with Crippen LogP contribution >= 0.6 is 0 Å². The average molecular weight is 370 g/mol. The number of hydrogen-bond donors (Lipinski definition) is 1. The fraction of sp³-hybridized carbons (Fsp3) is 0.300. The van der Waals surface area contributed by atoms with E-state index in [2.05, 4.69) is 0 Å². The molecule has 27 heavy (non-hydrogen) atoms. The summed E-state index contributed by atoms with van der Waals surface area (Å²) in [6, 6.07) is 6.05. The van der Waals surface area contributed by atoms with Gasteiger partial charge >= 0.3 is 0 Å². The third kappa shape index (κ3) is 4.03. The van der Waals surface area contributed by atoms with Crippen molar-refractivity contribution in [1.82, 2.24) is 9.80 Å². The molecule has 0 bridgehead atoms. The highest BCUT2D eigenvalue weighted by Crippen LogP contribution is 2.38. The molecule has 1 aliphatic heterocycles. The van der Waals surface area contributed by atoms with Crippen LogP contribution in [0, 0.1) is 0 Å². The summed E-state index contributed by atoms with van der Waals surface area (Å²) >= 11 is 0. The van der Waals surface area contributed by atoms with Crippen LogP contribution in [0.5, 0.6) is 0 Å². The van der Waals surface area contributed by atoms with E-state index in [0.29, 0.717) is 24.5 Å². The normalized spacial score (nSPS) is 17.7. The maximum Gasteiger partial charge on any atom is 0.290 e. The molecule has 0 radical (unpaired) electrons. The number of allylic oxidation sites excluding steroid dienone is 1. The van der Waals surface area contributed by atoms with Gasteiger partial charge in [0.25, 0.3) is 5.91 Å². The molecule has 1 atom stereocenters. The van der Waals surface area contributed by atoms with Crippen molar-refractivity contribution in [1.29, 1.82) is 0 Å². The monoisotopic (exact) mass is 370 g/mol. The molecular weight excluding hydrogens is 348 g/mol. The van der Waals surface area contributed by atoms with Gasteiger partial charge in [0.05, 0.1) is 18.1 Å². The number of furan rings is 2. The van der Waals surface area contributed by atoms with E-state index < -0.39 is 23.5 Å². The van der Waals surface area contributed by atoms with Crippen LogP contribution < -0.4 is 0 Å². The van der Waals surface area contributed by atoms with Crippen molar-refractivity contribution in [3.05, 3.63) is 65.7 Å². The molecule has 2 aromatic heterocycles. The van der Waals surface area contributed by atoms with Crippen molar-refractivity contribution < 1.29 is 23.5 Å². The first kappa shape index (κ1) is 18.7. The summed E-state index contributed by atoms with van der Waals surface area (Å²) in [4.78, 5) is 28.8. The topological polar surface area (TPSA) is 87.1 Å². The lowest BCUT2D eigenvalue weighted by Gasteiger charge is -2.25. The van der Waals surface area contributed by atoms with E-state index in [1.165, 1.54) is 29.6 Å². The molecule has 7 nitrogen and oxygen atoms in total. The Balaban J connectivity index is 1.87. The van der Waals surface area contributed by atoms with E-state index >= 15 is 0 Å². The van der Waals surface area contributed by atoms with E-state index in [1.54, 1.807) is 24.3 Å². The molecule has 1 N–H and O–H groups in total. The van der Waals surface area contributed by atoms with Gasteiger partial charge in [-0.05, 0) is 63.5 Å². The number of nitrogens with zero attached hydrogens (tertiary/aromatic N) is 2. The maximum atomic E-state index is 12.8. The minimum Gasteiger partial charge on any atom is -0.503 e. The molecule has 0 aliphatic carbocycles. The van der Waals surface area contributed by atoms with Crippen LogP contribution in [0.15, 0.2) is 63.0 Å². The van der Waals surface area contributed by atoms with Crippen molar-refractivity contribution in [3.8, 4) is 0 Å². The quantitative estimate of drug-likeness (QED) is 0.719. The van der Waals surface area contributed by atoms with Gasteiger partial charge in [-0.15, -0.1) is 0 Å². The highest BCUT2D eigenvalue weighted by molar-refractivity contribution is 6.14. The number of rotatable bonds is 8. The Labute approximate surface area is 157 Å². The Morgan fingerprint density at radius 1 is 1.26 bits per heavy atom. The first-order valence-corrected chi connectivity index (χ1v) is 8.67. The van der Waals surface area contributed by atoms with Crippen molar-refractivity contribution in [2.24, 2.45) is 0 Å². The largest absolute Gasteiger partial charge is 0.503 e. The second-order valence-electron chi connectivity index (χ2n) is 6.55. The molecular formula is C20H22N2O5. The van der Waals surface area contributed by atoms with Crippen LogP contribution in [0.4, 0.5) is 0 Å². The van der Waals surface area contributed by atoms with Gasteiger partial charge in [0.15, 0.2) is 11.5 Å². The minimum absolute atomic E-state index is 0.0163. The van der Waals surface area contributed by atoms with Gasteiger partial charge in [0.2, 0.25) is 0 Å². The fourth-order valence-corrected chi connectivity index (χ4v) is 3.07. The predicted molar refractivity (Wildman–Crippen MR) is 98.7 cm³/mol. The molecule has 1 amide bonds. The number of hydrogen-bond acceptors (Lipinski definition) is 6. The molecule has 142 valence electrons. The zero-order valence-corrected chi connectivity index (χ0v) is 15.3. The lowest BCUT2D eigenvalue weighted by atomic mass is 10.0. The Kier molecular flexibility index (Phi) is 5.61. The Hall–Kier alpha value is -3.06. The zero-order valence-electron chi connectivity index (χ0n) is 15.3. The fourth-order valence-electron chi connectivity index (χ4n) is 3.07. The van der Waals surface area contributed by atoms with E-state index in [-0.39, 0.29) is 5.57 Å². The van der Waals surface area contributed by atoms with Gasteiger partial charge in [-0.3, -0.25) is 9.59 Å². The summed E-state index contributed by atoms with van der Waals surface area (Å²) in [6.45, 7) is 1.17. The number of amides is 1. The number of aliphatic hydroxyl groups excluding tert-OH is 1. The van der Waals surface area contributed by atoms with Crippen molar-refractivity contribution in [2.45, 2.75) is 12.5 Å². The average Bonchev–Trinajstić information content (AvgIpc) is 3.37. The number of carbonyl (C=O) groups is 2. The van der Waals surface area contributed by atoms with Crippen LogP contribution in [-0.4, -0.2) is 53.8 Å². The predicted octanol–water partition coefficient (Wildman–Crippen LogP) is 2.80. The summed E-state index contributed by atoms with van der Waals surface area (Å²) in [5.41, 5.74) is 0.0163. The molecule has 2 aromatic rings.